The van der Waals surface area contributed by atoms with E-state index in [0.717, 1.165) is 42.9 Å². The molecule has 0 atom stereocenters. The van der Waals surface area contributed by atoms with Gasteiger partial charge in [-0.15, -0.1) is 0 Å². The zero-order valence-corrected chi connectivity index (χ0v) is 21.2. The molecule has 0 saturated heterocycles. The van der Waals surface area contributed by atoms with Crippen molar-refractivity contribution < 1.29 is 19.4 Å². The first-order chi connectivity index (χ1) is 15.7. The molecule has 0 aliphatic heterocycles. The summed E-state index contributed by atoms with van der Waals surface area (Å²) in [5.74, 6) is -0.866. The minimum Gasteiger partial charge on any atom is -0.478 e. The third-order valence-corrected chi connectivity index (χ3v) is 5.37. The smallest absolute Gasteiger partial charge is 0.338 e. The van der Waals surface area contributed by atoms with Gasteiger partial charge in [0.1, 0.15) is 0 Å². The van der Waals surface area contributed by atoms with E-state index >= 15 is 0 Å². The van der Waals surface area contributed by atoms with Gasteiger partial charge in [0.2, 0.25) is 0 Å². The first-order valence-electron chi connectivity index (χ1n) is 11.7. The van der Waals surface area contributed by atoms with E-state index in [1.807, 2.05) is 57.1 Å². The lowest BCUT2D eigenvalue weighted by atomic mass is 9.96. The molecule has 0 aliphatic rings. The van der Waals surface area contributed by atoms with Gasteiger partial charge in [-0.1, -0.05) is 27.2 Å². The molecule has 2 aromatic rings. The second kappa shape index (κ2) is 14.2. The number of carboxylic acid groups (broad SMARTS) is 1. The van der Waals surface area contributed by atoms with Crippen LogP contribution >= 0.6 is 0 Å². The van der Waals surface area contributed by atoms with Crippen LogP contribution in [0.15, 0.2) is 42.5 Å². The van der Waals surface area contributed by atoms with Crippen LogP contribution < -0.4 is 9.80 Å². The summed E-state index contributed by atoms with van der Waals surface area (Å²) in [6, 6.07) is 13.0. The Kier molecular flexibility index (Phi) is 12.0. The van der Waals surface area contributed by atoms with E-state index in [2.05, 4.69) is 25.7 Å². The number of anilines is 2. The summed E-state index contributed by atoms with van der Waals surface area (Å²) >= 11 is 0. The number of nitrogens with zero attached hydrogens (tertiary/aromatic N) is 2. The summed E-state index contributed by atoms with van der Waals surface area (Å²) in [5.41, 5.74) is 4.10. The molecule has 0 aromatic heterocycles. The Hall–Kier alpha value is -3.02. The Labute approximate surface area is 199 Å². The highest BCUT2D eigenvalue weighted by atomic mass is 16.5. The van der Waals surface area contributed by atoms with Crippen molar-refractivity contribution in [3.05, 3.63) is 59.2 Å². The first-order valence-corrected chi connectivity index (χ1v) is 11.7. The lowest BCUT2D eigenvalue weighted by molar-refractivity contribution is 0.0499. The van der Waals surface area contributed by atoms with E-state index in [4.69, 9.17) is 9.84 Å². The fraction of sp³-hybridized carbons (Fsp3) is 0.481. The average Bonchev–Trinajstić information content (AvgIpc) is 2.80. The van der Waals surface area contributed by atoms with Gasteiger partial charge in [0.15, 0.2) is 0 Å². The van der Waals surface area contributed by atoms with Gasteiger partial charge >= 0.3 is 11.9 Å². The van der Waals surface area contributed by atoms with Gasteiger partial charge in [-0.3, -0.25) is 0 Å². The highest BCUT2D eigenvalue weighted by molar-refractivity contribution is 5.90. The fourth-order valence-electron chi connectivity index (χ4n) is 3.30. The summed E-state index contributed by atoms with van der Waals surface area (Å²) in [6.07, 6.45) is 1.95. The summed E-state index contributed by atoms with van der Waals surface area (Å²) in [5, 5.41) is 9.14. The quantitative estimate of drug-likeness (QED) is 0.346. The van der Waals surface area contributed by atoms with Crippen molar-refractivity contribution in [1.29, 1.82) is 0 Å². The van der Waals surface area contributed by atoms with Gasteiger partial charge in [0, 0.05) is 38.6 Å². The van der Waals surface area contributed by atoms with E-state index in [1.54, 1.807) is 18.2 Å². The van der Waals surface area contributed by atoms with Crippen molar-refractivity contribution in [1.82, 2.24) is 0 Å². The molecule has 0 saturated carbocycles. The van der Waals surface area contributed by atoms with Crippen molar-refractivity contribution in [3.8, 4) is 0 Å². The third kappa shape index (κ3) is 8.79. The molecule has 33 heavy (non-hydrogen) atoms. The van der Waals surface area contributed by atoms with Gasteiger partial charge in [-0.2, -0.15) is 0 Å². The predicted molar refractivity (Wildman–Crippen MR) is 137 cm³/mol. The number of ether oxygens (including phenoxy) is 1. The summed E-state index contributed by atoms with van der Waals surface area (Å²) in [7, 11) is 3.93. The molecular weight excluding hydrogens is 416 g/mol. The Morgan fingerprint density at radius 2 is 1.52 bits per heavy atom. The van der Waals surface area contributed by atoms with Crippen LogP contribution in [-0.4, -0.2) is 50.8 Å². The number of hydrogen-bond donors (Lipinski definition) is 1. The first kappa shape index (κ1) is 28.0. The Morgan fingerprint density at radius 3 is 1.97 bits per heavy atom. The number of esters is 1. The highest BCUT2D eigenvalue weighted by Gasteiger charge is 2.14. The lowest BCUT2D eigenvalue weighted by Crippen LogP contribution is -2.22. The molecule has 182 valence electrons. The van der Waals surface area contributed by atoms with Crippen molar-refractivity contribution >= 4 is 23.3 Å². The molecule has 6 heteroatoms. The summed E-state index contributed by atoms with van der Waals surface area (Å²) < 4.78 is 5.12. The van der Waals surface area contributed by atoms with E-state index < -0.39 is 5.97 Å². The topological polar surface area (TPSA) is 70.1 Å². The van der Waals surface area contributed by atoms with Crippen molar-refractivity contribution in [2.24, 2.45) is 0 Å². The number of unbranched alkanes of at least 4 members (excludes halogenated alkanes) is 1. The molecule has 0 amide bonds. The van der Waals surface area contributed by atoms with Gasteiger partial charge < -0.3 is 19.6 Å². The fourth-order valence-corrected chi connectivity index (χ4v) is 3.30. The summed E-state index contributed by atoms with van der Waals surface area (Å²) in [6.45, 7) is 12.7. The van der Waals surface area contributed by atoms with Crippen LogP contribution in [0.5, 0.6) is 0 Å². The average molecular weight is 457 g/mol. The molecule has 1 N–H and O–H groups in total. The molecule has 0 unspecified atom stereocenters. The summed E-state index contributed by atoms with van der Waals surface area (Å²) in [4.78, 5) is 26.9. The molecule has 0 fully saturated rings. The van der Waals surface area contributed by atoms with Gasteiger partial charge in [-0.05, 0) is 74.2 Å². The number of carboxylic acids is 1. The standard InChI is InChI=1S/C14H21NO2.C13H19NO2/c1-5-15(6-2)11-7-8-12(14(16)17)13(9-11)10(3)4;1-4-5-10-16-13(15)11-6-8-12(9-7-11)14(2)3/h7-10H,5-6H2,1-4H3,(H,16,17);6-9H,4-5,10H2,1-3H3. The zero-order valence-electron chi connectivity index (χ0n) is 21.2. The van der Waals surface area contributed by atoms with E-state index in [0.29, 0.717) is 17.7 Å². The maximum Gasteiger partial charge on any atom is 0.338 e. The van der Waals surface area contributed by atoms with Crippen LogP contribution in [0.1, 0.15) is 79.7 Å². The normalized spacial score (nSPS) is 10.3. The molecule has 0 spiro atoms. The second-order valence-corrected chi connectivity index (χ2v) is 8.33. The van der Waals surface area contributed by atoms with Crippen LogP contribution in [0.25, 0.3) is 0 Å². The number of carbonyl (C=O) groups excluding carboxylic acids is 1. The molecule has 0 aliphatic carbocycles. The Morgan fingerprint density at radius 1 is 0.939 bits per heavy atom. The third-order valence-electron chi connectivity index (χ3n) is 5.37. The molecule has 6 nitrogen and oxygen atoms in total. The van der Waals surface area contributed by atoms with E-state index in [-0.39, 0.29) is 11.9 Å². The molecule has 0 radical (unpaired) electrons. The van der Waals surface area contributed by atoms with Crippen LogP contribution in [0.4, 0.5) is 11.4 Å². The monoisotopic (exact) mass is 456 g/mol. The number of aromatic carboxylic acids is 1. The lowest BCUT2D eigenvalue weighted by Gasteiger charge is -2.23. The van der Waals surface area contributed by atoms with Crippen LogP contribution in [0, 0.1) is 0 Å². The molecule has 2 rings (SSSR count). The maximum atomic E-state index is 11.6. The van der Waals surface area contributed by atoms with Gasteiger partial charge in [0.25, 0.3) is 0 Å². The minimum atomic E-state index is -0.847. The van der Waals surface area contributed by atoms with Crippen molar-refractivity contribution in [2.45, 2.75) is 53.4 Å². The van der Waals surface area contributed by atoms with E-state index in [9.17, 15) is 9.59 Å². The second-order valence-electron chi connectivity index (χ2n) is 8.33. The molecule has 0 bridgehead atoms. The molecule has 2 aromatic carbocycles. The van der Waals surface area contributed by atoms with Crippen molar-refractivity contribution in [3.63, 3.8) is 0 Å². The number of hydrogen-bond acceptors (Lipinski definition) is 5. The van der Waals surface area contributed by atoms with Gasteiger partial charge in [-0.25, -0.2) is 9.59 Å². The van der Waals surface area contributed by atoms with Crippen LogP contribution in [-0.2, 0) is 4.74 Å². The van der Waals surface area contributed by atoms with Crippen molar-refractivity contribution in [2.75, 3.05) is 43.6 Å². The Balaban J connectivity index is 0.000000331. The Bertz CT molecular complexity index is 872. The van der Waals surface area contributed by atoms with Crippen LogP contribution in [0.3, 0.4) is 0 Å². The van der Waals surface area contributed by atoms with Gasteiger partial charge in [0.05, 0.1) is 17.7 Å². The molecule has 0 heterocycles. The SMILES string of the molecule is CCCCOC(=O)c1ccc(N(C)C)cc1.CCN(CC)c1ccc(C(=O)O)c(C(C)C)c1. The predicted octanol–water partition coefficient (Wildman–Crippen LogP) is 6.06. The zero-order chi connectivity index (χ0) is 25.0. The minimum absolute atomic E-state index is 0.219. The largest absolute Gasteiger partial charge is 0.478 e. The maximum absolute atomic E-state index is 11.6. The number of benzene rings is 2. The van der Waals surface area contributed by atoms with Crippen LogP contribution in [0.2, 0.25) is 0 Å². The number of rotatable bonds is 10. The van der Waals surface area contributed by atoms with E-state index in [1.165, 1.54) is 0 Å². The number of carbonyl (C=O) groups is 2. The molecular formula is C27H40N2O4. The highest BCUT2D eigenvalue weighted by Crippen LogP contribution is 2.25.